The Bertz CT molecular complexity index is 1100. The number of hydrogen-bond donors (Lipinski definition) is 3. The minimum atomic E-state index is -0.417. The van der Waals surface area contributed by atoms with Gasteiger partial charge in [0.05, 0.1) is 22.5 Å². The molecule has 1 fully saturated rings. The number of halogens is 2. The Labute approximate surface area is 165 Å². The molecule has 1 saturated heterocycles. The van der Waals surface area contributed by atoms with Crippen molar-refractivity contribution in [2.75, 3.05) is 18.0 Å². The van der Waals surface area contributed by atoms with Gasteiger partial charge < -0.3 is 20.7 Å². The number of H-pyrrole nitrogens is 1. The van der Waals surface area contributed by atoms with Crippen LogP contribution < -0.4 is 10.6 Å². The third-order valence-corrected chi connectivity index (χ3v) is 5.29. The molecular formula is C21H20F2N4O2. The zero-order valence-electron chi connectivity index (χ0n) is 15.5. The molecule has 0 aliphatic carbocycles. The standard InChI is InChI=1S/C21H20F2N4O2/c22-13-1-3-15-16(21(29)26-18(15)9-13)11-25-14-2-4-19(17(23)10-14)27-7-5-12(6-8-27)20(24)28/h1-4,9-12,26,29H,5-8H2,(H2,24,28). The van der Waals surface area contributed by atoms with E-state index in [0.29, 0.717) is 53.8 Å². The molecule has 0 saturated carbocycles. The summed E-state index contributed by atoms with van der Waals surface area (Å²) in [6, 6.07) is 8.77. The van der Waals surface area contributed by atoms with Crippen LogP contribution in [0.15, 0.2) is 41.4 Å². The number of aromatic hydroxyl groups is 1. The van der Waals surface area contributed by atoms with Gasteiger partial charge in [-0.15, -0.1) is 0 Å². The van der Waals surface area contributed by atoms with Gasteiger partial charge >= 0.3 is 0 Å². The highest BCUT2D eigenvalue weighted by atomic mass is 19.1. The van der Waals surface area contributed by atoms with Crippen molar-refractivity contribution in [3.63, 3.8) is 0 Å². The minimum absolute atomic E-state index is 0.135. The predicted molar refractivity (Wildman–Crippen MR) is 108 cm³/mol. The van der Waals surface area contributed by atoms with Crippen molar-refractivity contribution in [1.82, 2.24) is 4.98 Å². The molecule has 8 heteroatoms. The molecule has 0 unspecified atom stereocenters. The Hall–Kier alpha value is -3.42. The van der Waals surface area contributed by atoms with Crippen LogP contribution in [0.25, 0.3) is 10.9 Å². The molecule has 1 amide bonds. The third-order valence-electron chi connectivity index (χ3n) is 5.29. The summed E-state index contributed by atoms with van der Waals surface area (Å²) in [7, 11) is 0. The van der Waals surface area contributed by atoms with E-state index < -0.39 is 11.6 Å². The fourth-order valence-corrected chi connectivity index (χ4v) is 3.68. The largest absolute Gasteiger partial charge is 0.494 e. The Morgan fingerprint density at radius 2 is 1.97 bits per heavy atom. The predicted octanol–water partition coefficient (Wildman–Crippen LogP) is 3.60. The van der Waals surface area contributed by atoms with Gasteiger partial charge in [-0.1, -0.05) is 0 Å². The molecule has 29 heavy (non-hydrogen) atoms. The fraction of sp³-hybridized carbons (Fsp3) is 0.238. The number of nitrogens with two attached hydrogens (primary N) is 1. The van der Waals surface area contributed by atoms with E-state index in [1.54, 1.807) is 18.2 Å². The highest BCUT2D eigenvalue weighted by Crippen LogP contribution is 2.30. The number of piperidine rings is 1. The summed E-state index contributed by atoms with van der Waals surface area (Å²) in [5.74, 6) is -1.43. The van der Waals surface area contributed by atoms with Crippen LogP contribution in [-0.2, 0) is 4.79 Å². The van der Waals surface area contributed by atoms with Crippen LogP contribution >= 0.6 is 0 Å². The van der Waals surface area contributed by atoms with Gasteiger partial charge in [-0.25, -0.2) is 8.78 Å². The average molecular weight is 398 g/mol. The van der Waals surface area contributed by atoms with Gasteiger partial charge in [0.2, 0.25) is 5.91 Å². The topological polar surface area (TPSA) is 94.7 Å². The lowest BCUT2D eigenvalue weighted by molar-refractivity contribution is -0.122. The van der Waals surface area contributed by atoms with Gasteiger partial charge in [-0.3, -0.25) is 9.79 Å². The first-order valence-corrected chi connectivity index (χ1v) is 9.30. The van der Waals surface area contributed by atoms with Gasteiger partial charge in [0.15, 0.2) is 5.88 Å². The Kier molecular flexibility index (Phi) is 4.92. The normalized spacial score (nSPS) is 15.4. The first-order chi connectivity index (χ1) is 13.9. The number of hydrogen-bond acceptors (Lipinski definition) is 4. The van der Waals surface area contributed by atoms with Crippen LogP contribution in [-0.4, -0.2) is 35.3 Å². The van der Waals surface area contributed by atoms with Crippen LogP contribution in [0, 0.1) is 17.6 Å². The van der Waals surface area contributed by atoms with E-state index >= 15 is 0 Å². The summed E-state index contributed by atoms with van der Waals surface area (Å²) in [5, 5.41) is 10.7. The molecule has 3 aromatic rings. The summed E-state index contributed by atoms with van der Waals surface area (Å²) in [5.41, 5.74) is 7.03. The summed E-state index contributed by atoms with van der Waals surface area (Å²) in [4.78, 5) is 20.1. The molecule has 1 aliphatic heterocycles. The maximum Gasteiger partial charge on any atom is 0.220 e. The molecule has 4 rings (SSSR count). The monoisotopic (exact) mass is 398 g/mol. The number of aromatic nitrogens is 1. The van der Waals surface area contributed by atoms with Crippen molar-refractivity contribution in [1.29, 1.82) is 0 Å². The second-order valence-corrected chi connectivity index (χ2v) is 7.13. The number of anilines is 1. The molecule has 1 aromatic heterocycles. The molecule has 0 atom stereocenters. The lowest BCUT2D eigenvalue weighted by atomic mass is 9.96. The summed E-state index contributed by atoms with van der Waals surface area (Å²) < 4.78 is 27.9. The Morgan fingerprint density at radius 1 is 1.21 bits per heavy atom. The quantitative estimate of drug-likeness (QED) is 0.586. The van der Waals surface area contributed by atoms with Crippen molar-refractivity contribution in [2.24, 2.45) is 16.6 Å². The number of aliphatic imine (C=N–C) groups is 1. The molecule has 0 radical (unpaired) electrons. The molecule has 0 spiro atoms. The van der Waals surface area contributed by atoms with Crippen LogP contribution in [0.2, 0.25) is 0 Å². The van der Waals surface area contributed by atoms with Gasteiger partial charge in [0.25, 0.3) is 0 Å². The maximum absolute atomic E-state index is 14.6. The van der Waals surface area contributed by atoms with Crippen molar-refractivity contribution in [3.8, 4) is 5.88 Å². The minimum Gasteiger partial charge on any atom is -0.494 e. The summed E-state index contributed by atoms with van der Waals surface area (Å²) >= 11 is 0. The molecule has 2 aromatic carbocycles. The lowest BCUT2D eigenvalue weighted by Gasteiger charge is -2.32. The van der Waals surface area contributed by atoms with Crippen LogP contribution in [0.3, 0.4) is 0 Å². The third kappa shape index (κ3) is 3.78. The number of fused-ring (bicyclic) bond motifs is 1. The molecular weight excluding hydrogens is 378 g/mol. The molecule has 6 nitrogen and oxygen atoms in total. The van der Waals surface area contributed by atoms with E-state index in [1.165, 1.54) is 24.4 Å². The van der Waals surface area contributed by atoms with Crippen LogP contribution in [0.5, 0.6) is 5.88 Å². The molecule has 2 heterocycles. The number of aromatic amines is 1. The molecule has 0 bridgehead atoms. The summed E-state index contributed by atoms with van der Waals surface area (Å²) in [6.45, 7) is 1.12. The second-order valence-electron chi connectivity index (χ2n) is 7.13. The van der Waals surface area contributed by atoms with E-state index in [2.05, 4.69) is 9.98 Å². The number of nitrogens with zero attached hydrogens (tertiary/aromatic N) is 2. The molecule has 1 aliphatic rings. The highest BCUT2D eigenvalue weighted by Gasteiger charge is 2.24. The Morgan fingerprint density at radius 3 is 2.66 bits per heavy atom. The van der Waals surface area contributed by atoms with Crippen LogP contribution in [0.4, 0.5) is 20.2 Å². The first kappa shape index (κ1) is 18.9. The van der Waals surface area contributed by atoms with Gasteiger partial charge in [0.1, 0.15) is 11.6 Å². The van der Waals surface area contributed by atoms with E-state index in [4.69, 9.17) is 5.73 Å². The van der Waals surface area contributed by atoms with E-state index in [0.717, 1.165) is 0 Å². The number of carbonyl (C=O) groups excluding carboxylic acids is 1. The molecule has 4 N–H and O–H groups in total. The smallest absolute Gasteiger partial charge is 0.220 e. The number of nitrogens with one attached hydrogen (secondary N) is 1. The second kappa shape index (κ2) is 7.54. The van der Waals surface area contributed by atoms with Gasteiger partial charge in [-0.2, -0.15) is 0 Å². The van der Waals surface area contributed by atoms with E-state index in [1.807, 2.05) is 4.90 Å². The zero-order valence-corrected chi connectivity index (χ0v) is 15.5. The maximum atomic E-state index is 14.6. The number of carbonyl (C=O) groups is 1. The van der Waals surface area contributed by atoms with Crippen LogP contribution in [0.1, 0.15) is 18.4 Å². The van der Waals surface area contributed by atoms with Crippen molar-refractivity contribution in [2.45, 2.75) is 12.8 Å². The summed E-state index contributed by atoms with van der Waals surface area (Å²) in [6.07, 6.45) is 2.63. The van der Waals surface area contributed by atoms with E-state index in [9.17, 15) is 18.7 Å². The number of amides is 1. The van der Waals surface area contributed by atoms with Crippen molar-refractivity contribution < 1.29 is 18.7 Å². The SMILES string of the molecule is NC(=O)C1CCN(c2ccc(N=Cc3c(O)[nH]c4cc(F)ccc34)cc2F)CC1. The highest BCUT2D eigenvalue weighted by molar-refractivity contribution is 6.02. The van der Waals surface area contributed by atoms with E-state index in [-0.39, 0.29) is 17.7 Å². The average Bonchev–Trinajstić information content (AvgIpc) is 3.00. The number of benzene rings is 2. The van der Waals surface area contributed by atoms with Crippen molar-refractivity contribution in [3.05, 3.63) is 53.6 Å². The fourth-order valence-electron chi connectivity index (χ4n) is 3.68. The van der Waals surface area contributed by atoms with Gasteiger partial charge in [-0.05, 0) is 43.2 Å². The number of rotatable bonds is 4. The first-order valence-electron chi connectivity index (χ1n) is 9.30. The van der Waals surface area contributed by atoms with Gasteiger partial charge in [0, 0.05) is 36.7 Å². The zero-order chi connectivity index (χ0) is 20.5. The van der Waals surface area contributed by atoms with Crippen molar-refractivity contribution >= 4 is 34.4 Å². The number of primary amides is 1. The lowest BCUT2D eigenvalue weighted by Crippen LogP contribution is -2.38. The Balaban J connectivity index is 1.53. The molecule has 150 valence electrons.